The number of ether oxygens (including phenoxy) is 4. The predicted octanol–water partition coefficient (Wildman–Crippen LogP) is 8.28. The Morgan fingerprint density at radius 2 is 1.04 bits per heavy atom. The maximum Gasteiger partial charge on any atom is 0.306 e. The SMILES string of the molecule is CCCCCCCC/C=C/CCCCCCCC(=O)O[C@H](COC(=O)CCCCCCCCCCCCCC)CO[C@H]1O[C@H](CS(=O)(=O)O)[C@@H](O)C(O)C1O. The second kappa shape index (κ2) is 33.4. The average molecular weight is 807 g/mol. The Kier molecular flexibility index (Phi) is 31.2. The third-order valence-electron chi connectivity index (χ3n) is 10.1. The number of rotatable bonds is 36. The summed E-state index contributed by atoms with van der Waals surface area (Å²) in [6.45, 7) is 3.74. The normalized spacial score (nSPS) is 20.9. The summed E-state index contributed by atoms with van der Waals surface area (Å²) < 4.78 is 53.9. The van der Waals surface area contributed by atoms with Crippen molar-refractivity contribution < 1.29 is 56.8 Å². The van der Waals surface area contributed by atoms with Crippen LogP contribution in [0.5, 0.6) is 0 Å². The van der Waals surface area contributed by atoms with Gasteiger partial charge in [-0.05, 0) is 38.5 Å². The molecule has 0 amide bonds. The zero-order valence-corrected chi connectivity index (χ0v) is 35.1. The first-order chi connectivity index (χ1) is 26.5. The van der Waals surface area contributed by atoms with Crippen LogP contribution in [0, 0.1) is 0 Å². The van der Waals surface area contributed by atoms with Crippen molar-refractivity contribution in [3.05, 3.63) is 12.2 Å². The summed E-state index contributed by atoms with van der Waals surface area (Å²) in [5.74, 6) is -1.98. The number of carbonyl (C=O) groups excluding carboxylic acids is 2. The Morgan fingerprint density at radius 3 is 1.51 bits per heavy atom. The summed E-state index contributed by atoms with van der Waals surface area (Å²) in [5, 5.41) is 30.8. The van der Waals surface area contributed by atoms with Crippen LogP contribution in [0.15, 0.2) is 12.2 Å². The second-order valence-electron chi connectivity index (χ2n) is 15.4. The number of allylic oxidation sites excluding steroid dienone is 2. The lowest BCUT2D eigenvalue weighted by atomic mass is 10.00. The highest BCUT2D eigenvalue weighted by Gasteiger charge is 2.46. The third-order valence-corrected chi connectivity index (χ3v) is 10.8. The maximum atomic E-state index is 12.8. The summed E-state index contributed by atoms with van der Waals surface area (Å²) in [5.41, 5.74) is 0. The highest BCUT2D eigenvalue weighted by atomic mass is 32.2. The van der Waals surface area contributed by atoms with Crippen LogP contribution in [0.1, 0.15) is 187 Å². The number of aliphatic hydroxyl groups excluding tert-OH is 3. The first kappa shape index (κ1) is 51.4. The molecule has 0 aromatic rings. The molecule has 0 radical (unpaired) electrons. The lowest BCUT2D eigenvalue weighted by molar-refractivity contribution is -0.297. The van der Waals surface area contributed by atoms with Gasteiger partial charge >= 0.3 is 11.9 Å². The molecule has 1 saturated heterocycles. The summed E-state index contributed by atoms with van der Waals surface area (Å²) in [7, 11) is -4.60. The van der Waals surface area contributed by atoms with Crippen LogP contribution in [-0.4, -0.2) is 96.0 Å². The molecule has 0 aliphatic carbocycles. The molecule has 2 unspecified atom stereocenters. The summed E-state index contributed by atoms with van der Waals surface area (Å²) >= 11 is 0. The molecule has 0 bridgehead atoms. The van der Waals surface area contributed by atoms with Crippen LogP contribution >= 0.6 is 0 Å². The largest absolute Gasteiger partial charge is 0.462 e. The minimum Gasteiger partial charge on any atom is -0.462 e. The van der Waals surface area contributed by atoms with Crippen molar-refractivity contribution in [2.45, 2.75) is 224 Å². The van der Waals surface area contributed by atoms with Gasteiger partial charge in [0.05, 0.1) is 6.61 Å². The predicted molar refractivity (Wildman–Crippen MR) is 215 cm³/mol. The molecular formula is C42H78O12S. The smallest absolute Gasteiger partial charge is 0.306 e. The molecule has 13 heteroatoms. The van der Waals surface area contributed by atoms with Gasteiger partial charge in [-0.25, -0.2) is 0 Å². The molecule has 1 rings (SSSR count). The molecule has 6 atom stereocenters. The Labute approximate surface area is 333 Å². The lowest BCUT2D eigenvalue weighted by Gasteiger charge is -2.40. The van der Waals surface area contributed by atoms with Gasteiger partial charge < -0.3 is 34.3 Å². The highest BCUT2D eigenvalue weighted by Crippen LogP contribution is 2.24. The third kappa shape index (κ3) is 28.4. The molecule has 1 fully saturated rings. The zero-order chi connectivity index (χ0) is 40.6. The van der Waals surface area contributed by atoms with Gasteiger partial charge in [-0.3, -0.25) is 14.1 Å². The molecule has 0 saturated carbocycles. The zero-order valence-electron chi connectivity index (χ0n) is 34.3. The van der Waals surface area contributed by atoms with E-state index in [-0.39, 0.29) is 19.4 Å². The van der Waals surface area contributed by atoms with Gasteiger partial charge in [0, 0.05) is 12.8 Å². The number of aliphatic hydroxyl groups is 3. The number of unbranched alkanes of at least 4 members (excludes halogenated alkanes) is 22. The van der Waals surface area contributed by atoms with E-state index in [2.05, 4.69) is 26.0 Å². The molecule has 55 heavy (non-hydrogen) atoms. The fourth-order valence-corrected chi connectivity index (χ4v) is 7.36. The van der Waals surface area contributed by atoms with E-state index in [4.69, 9.17) is 18.9 Å². The van der Waals surface area contributed by atoms with E-state index in [0.29, 0.717) is 12.8 Å². The molecule has 1 aliphatic heterocycles. The molecule has 4 N–H and O–H groups in total. The highest BCUT2D eigenvalue weighted by molar-refractivity contribution is 7.85. The Balaban J connectivity index is 2.47. The summed E-state index contributed by atoms with van der Waals surface area (Å²) in [4.78, 5) is 25.3. The van der Waals surface area contributed by atoms with Crippen molar-refractivity contribution in [3.8, 4) is 0 Å². The molecule has 1 aliphatic rings. The topological polar surface area (TPSA) is 186 Å². The molecule has 0 aromatic heterocycles. The maximum absolute atomic E-state index is 12.8. The molecular weight excluding hydrogens is 729 g/mol. The van der Waals surface area contributed by atoms with Crippen LogP contribution in [0.4, 0.5) is 0 Å². The quantitative estimate of drug-likeness (QED) is 0.0206. The summed E-state index contributed by atoms with van der Waals surface area (Å²) in [6.07, 6.45) is 24.0. The van der Waals surface area contributed by atoms with Crippen molar-refractivity contribution in [3.63, 3.8) is 0 Å². The van der Waals surface area contributed by atoms with Crippen molar-refractivity contribution in [2.24, 2.45) is 0 Å². The van der Waals surface area contributed by atoms with Crippen LogP contribution in [0.3, 0.4) is 0 Å². The number of hydrogen-bond acceptors (Lipinski definition) is 11. The monoisotopic (exact) mass is 807 g/mol. The molecule has 12 nitrogen and oxygen atoms in total. The molecule has 0 spiro atoms. The van der Waals surface area contributed by atoms with Crippen molar-refractivity contribution in [1.29, 1.82) is 0 Å². The van der Waals surface area contributed by atoms with Crippen molar-refractivity contribution in [2.75, 3.05) is 19.0 Å². The number of carbonyl (C=O) groups is 2. The van der Waals surface area contributed by atoms with Gasteiger partial charge in [0.15, 0.2) is 12.4 Å². The van der Waals surface area contributed by atoms with Crippen molar-refractivity contribution in [1.82, 2.24) is 0 Å². The second-order valence-corrected chi connectivity index (χ2v) is 16.9. The fourth-order valence-electron chi connectivity index (χ4n) is 6.67. The van der Waals surface area contributed by atoms with Gasteiger partial charge in [-0.2, -0.15) is 8.42 Å². The lowest BCUT2D eigenvalue weighted by Crippen LogP contribution is -2.60. The van der Waals surface area contributed by atoms with Crippen LogP contribution in [0.2, 0.25) is 0 Å². The minimum absolute atomic E-state index is 0.158. The first-order valence-corrected chi connectivity index (χ1v) is 23.4. The average Bonchev–Trinajstić information content (AvgIpc) is 3.14. The first-order valence-electron chi connectivity index (χ1n) is 21.7. The van der Waals surface area contributed by atoms with Gasteiger partial charge in [0.25, 0.3) is 10.1 Å². The number of esters is 2. The van der Waals surface area contributed by atoms with Crippen LogP contribution in [0.25, 0.3) is 0 Å². The Hall–Kier alpha value is -1.61. The van der Waals surface area contributed by atoms with E-state index in [1.54, 1.807) is 0 Å². The van der Waals surface area contributed by atoms with Gasteiger partial charge in [0.2, 0.25) is 0 Å². The van der Waals surface area contributed by atoms with Crippen LogP contribution < -0.4 is 0 Å². The Morgan fingerprint density at radius 1 is 0.600 bits per heavy atom. The molecule has 1 heterocycles. The van der Waals surface area contributed by atoms with E-state index in [0.717, 1.165) is 57.8 Å². The van der Waals surface area contributed by atoms with E-state index in [1.165, 1.54) is 89.9 Å². The fraction of sp³-hybridized carbons (Fsp3) is 0.905. The summed E-state index contributed by atoms with van der Waals surface area (Å²) in [6, 6.07) is 0. The van der Waals surface area contributed by atoms with Gasteiger partial charge in [0.1, 0.15) is 36.8 Å². The minimum atomic E-state index is -4.60. The molecule has 0 aromatic carbocycles. The Bertz CT molecular complexity index is 1080. The van der Waals surface area contributed by atoms with E-state index >= 15 is 0 Å². The van der Waals surface area contributed by atoms with Gasteiger partial charge in [-0.1, -0.05) is 148 Å². The molecule has 324 valence electrons. The van der Waals surface area contributed by atoms with E-state index in [1.807, 2.05) is 0 Å². The number of hydrogen-bond donors (Lipinski definition) is 4. The van der Waals surface area contributed by atoms with Crippen LogP contribution in [-0.2, 0) is 38.7 Å². The van der Waals surface area contributed by atoms with Gasteiger partial charge in [-0.15, -0.1) is 0 Å². The van der Waals surface area contributed by atoms with Crippen molar-refractivity contribution >= 4 is 22.1 Å². The van der Waals surface area contributed by atoms with E-state index in [9.17, 15) is 37.9 Å². The van der Waals surface area contributed by atoms with E-state index < -0.39 is 71.2 Å². The standard InChI is InChI=1S/C42H78O12S/c1-3-5-7-9-11-13-15-17-18-19-21-23-25-27-29-31-38(44)53-35(33-52-42-41(47)40(46)39(45)36(54-42)34-55(48,49)50)32-51-37(43)30-28-26-24-22-20-16-14-12-10-8-6-4-2/h17-18,35-36,39-42,45-47H,3-16,19-34H2,1-2H3,(H,48,49,50)/b18-17+/t35-,36-,39-,40?,41?,42+/m1/s1.